The molecule has 2 aromatic rings. The maximum atomic E-state index is 12.0. The van der Waals surface area contributed by atoms with Gasteiger partial charge in [0.05, 0.1) is 14.9 Å². The highest BCUT2D eigenvalue weighted by Gasteiger charge is 2.17. The van der Waals surface area contributed by atoms with Crippen molar-refractivity contribution in [3.8, 4) is 0 Å². The zero-order valence-corrected chi connectivity index (χ0v) is 14.8. The van der Waals surface area contributed by atoms with Crippen molar-refractivity contribution < 1.29 is 13.2 Å². The number of benzene rings is 1. The summed E-state index contributed by atoms with van der Waals surface area (Å²) >= 11 is 12.4. The lowest BCUT2D eigenvalue weighted by Gasteiger charge is -2.10. The fourth-order valence-electron chi connectivity index (χ4n) is 1.61. The lowest BCUT2D eigenvalue weighted by Crippen LogP contribution is -2.43. The van der Waals surface area contributed by atoms with Crippen LogP contribution in [0.25, 0.3) is 0 Å². The Kier molecular flexibility index (Phi) is 5.48. The van der Waals surface area contributed by atoms with Crippen molar-refractivity contribution in [3.63, 3.8) is 0 Å². The highest BCUT2D eigenvalue weighted by Crippen LogP contribution is 2.24. The van der Waals surface area contributed by atoms with Gasteiger partial charge in [0.1, 0.15) is 6.54 Å². The molecule has 0 spiro atoms. The number of aryl methyl sites for hydroxylation is 1. The van der Waals surface area contributed by atoms with Gasteiger partial charge < -0.3 is 0 Å². The van der Waals surface area contributed by atoms with Crippen molar-refractivity contribution >= 4 is 50.5 Å². The number of hydrogen-bond acceptors (Lipinski definition) is 5. The zero-order valence-electron chi connectivity index (χ0n) is 11.7. The molecule has 1 aromatic heterocycles. The number of amides is 1. The van der Waals surface area contributed by atoms with Gasteiger partial charge in [0, 0.05) is 11.1 Å². The Hall–Kier alpha value is -1.39. The van der Waals surface area contributed by atoms with E-state index in [0.29, 0.717) is 5.69 Å². The summed E-state index contributed by atoms with van der Waals surface area (Å²) < 4.78 is 25.3. The van der Waals surface area contributed by atoms with Gasteiger partial charge in [-0.3, -0.25) is 19.6 Å². The molecule has 23 heavy (non-hydrogen) atoms. The average Bonchev–Trinajstić information content (AvgIpc) is 2.80. The molecule has 0 unspecified atom stereocenters. The number of carbonyl (C=O) groups is 1. The first-order valence-electron chi connectivity index (χ1n) is 6.11. The molecule has 0 bridgehead atoms. The summed E-state index contributed by atoms with van der Waals surface area (Å²) in [5.41, 5.74) is 2.65. The molecule has 0 aliphatic carbocycles. The number of sulfonamides is 1. The van der Waals surface area contributed by atoms with Gasteiger partial charge in [-0.15, -0.1) is 4.83 Å². The van der Waals surface area contributed by atoms with Crippen LogP contribution in [0.5, 0.6) is 0 Å². The van der Waals surface area contributed by atoms with Gasteiger partial charge >= 0.3 is 4.87 Å². The number of carbonyl (C=O) groups excluding carboxylic acids is 1. The van der Waals surface area contributed by atoms with Crippen LogP contribution < -0.4 is 15.1 Å². The quantitative estimate of drug-likeness (QED) is 0.750. The molecule has 0 saturated carbocycles. The van der Waals surface area contributed by atoms with E-state index in [2.05, 4.69) is 0 Å². The SMILES string of the molecule is Cc1csc(=O)n1CC(=O)NNS(=O)(=O)c1ccc(Cl)c(Cl)c1. The topological polar surface area (TPSA) is 97.3 Å². The first-order valence-corrected chi connectivity index (χ1v) is 9.23. The standard InChI is InChI=1S/C12H11Cl2N3O4S2/c1-7-6-22-12(19)17(7)5-11(18)15-16-23(20,21)8-2-3-9(13)10(14)4-8/h2-4,6,16H,5H2,1H3,(H,15,18). The Morgan fingerprint density at radius 2 is 2.00 bits per heavy atom. The summed E-state index contributed by atoms with van der Waals surface area (Å²) in [6.45, 7) is 1.38. The smallest absolute Gasteiger partial charge is 0.294 e. The zero-order chi connectivity index (χ0) is 17.2. The molecule has 1 aromatic carbocycles. The van der Waals surface area contributed by atoms with Crippen LogP contribution in [0.15, 0.2) is 33.3 Å². The molecule has 1 amide bonds. The monoisotopic (exact) mass is 395 g/mol. The van der Waals surface area contributed by atoms with Gasteiger partial charge in [-0.1, -0.05) is 34.5 Å². The number of hydrazine groups is 1. The van der Waals surface area contributed by atoms with Crippen LogP contribution in [0.3, 0.4) is 0 Å². The van der Waals surface area contributed by atoms with E-state index < -0.39 is 15.9 Å². The minimum absolute atomic E-state index is 0.0707. The highest BCUT2D eigenvalue weighted by molar-refractivity contribution is 7.89. The van der Waals surface area contributed by atoms with Crippen molar-refractivity contribution in [1.29, 1.82) is 0 Å². The van der Waals surface area contributed by atoms with E-state index in [4.69, 9.17) is 23.2 Å². The van der Waals surface area contributed by atoms with Crippen molar-refractivity contribution in [2.45, 2.75) is 18.4 Å². The van der Waals surface area contributed by atoms with E-state index in [1.165, 1.54) is 16.7 Å². The molecule has 124 valence electrons. The Bertz CT molecular complexity index is 905. The minimum atomic E-state index is -4.00. The molecule has 1 heterocycles. The van der Waals surface area contributed by atoms with Gasteiger partial charge in [0.25, 0.3) is 15.9 Å². The number of thiazole rings is 1. The second-order valence-electron chi connectivity index (χ2n) is 4.46. The highest BCUT2D eigenvalue weighted by atomic mass is 35.5. The number of nitrogens with zero attached hydrogens (tertiary/aromatic N) is 1. The Labute approximate surface area is 145 Å². The van der Waals surface area contributed by atoms with Crippen molar-refractivity contribution in [3.05, 3.63) is 49.0 Å². The largest absolute Gasteiger partial charge is 0.307 e. The second-order valence-corrected chi connectivity index (χ2v) is 7.78. The lowest BCUT2D eigenvalue weighted by molar-refractivity contribution is -0.122. The molecular weight excluding hydrogens is 385 g/mol. The molecule has 0 fully saturated rings. The maximum absolute atomic E-state index is 12.0. The molecule has 2 rings (SSSR count). The van der Waals surface area contributed by atoms with Crippen LogP contribution in [0.2, 0.25) is 10.0 Å². The molecule has 0 aliphatic rings. The summed E-state index contributed by atoms with van der Waals surface area (Å²) in [6.07, 6.45) is 0. The number of aromatic nitrogens is 1. The minimum Gasteiger partial charge on any atom is -0.294 e. The number of halogens is 2. The van der Waals surface area contributed by atoms with Gasteiger partial charge in [0.2, 0.25) is 0 Å². The number of rotatable bonds is 5. The van der Waals surface area contributed by atoms with Crippen LogP contribution in [0.1, 0.15) is 5.69 Å². The van der Waals surface area contributed by atoms with E-state index in [0.717, 1.165) is 17.4 Å². The van der Waals surface area contributed by atoms with E-state index in [-0.39, 0.29) is 26.4 Å². The van der Waals surface area contributed by atoms with Crippen LogP contribution in [0.4, 0.5) is 0 Å². The molecule has 2 N–H and O–H groups in total. The summed E-state index contributed by atoms with van der Waals surface area (Å²) in [5.74, 6) is -0.683. The van der Waals surface area contributed by atoms with Crippen molar-refractivity contribution in [2.24, 2.45) is 0 Å². The van der Waals surface area contributed by atoms with Crippen LogP contribution in [-0.4, -0.2) is 18.9 Å². The van der Waals surface area contributed by atoms with E-state index >= 15 is 0 Å². The molecule has 11 heteroatoms. The van der Waals surface area contributed by atoms with Gasteiger partial charge in [-0.2, -0.15) is 0 Å². The van der Waals surface area contributed by atoms with Gasteiger partial charge in [-0.05, 0) is 25.1 Å². The third kappa shape index (κ3) is 4.33. The first kappa shape index (κ1) is 18.0. The third-order valence-corrected chi connectivity index (χ3v) is 5.67. The van der Waals surface area contributed by atoms with Crippen molar-refractivity contribution in [1.82, 2.24) is 14.8 Å². The molecule has 0 saturated heterocycles. The van der Waals surface area contributed by atoms with Crippen molar-refractivity contribution in [2.75, 3.05) is 0 Å². The van der Waals surface area contributed by atoms with Crippen LogP contribution >= 0.6 is 34.5 Å². The molecule has 7 nitrogen and oxygen atoms in total. The number of nitrogens with one attached hydrogen (secondary N) is 2. The van der Waals surface area contributed by atoms with E-state index in [9.17, 15) is 18.0 Å². The molecule has 0 radical (unpaired) electrons. The van der Waals surface area contributed by atoms with Gasteiger partial charge in [0.15, 0.2) is 0 Å². The summed E-state index contributed by atoms with van der Waals surface area (Å²) in [7, 11) is -4.00. The van der Waals surface area contributed by atoms with Gasteiger partial charge in [-0.25, -0.2) is 8.42 Å². The normalized spacial score (nSPS) is 11.4. The van der Waals surface area contributed by atoms with E-state index in [1.54, 1.807) is 12.3 Å². The number of hydrogen-bond donors (Lipinski definition) is 2. The predicted octanol–water partition coefficient (Wildman–Crippen LogP) is 1.53. The molecule has 0 atom stereocenters. The molecule has 0 aliphatic heterocycles. The molecular formula is C12H11Cl2N3O4S2. The maximum Gasteiger partial charge on any atom is 0.307 e. The summed E-state index contributed by atoms with van der Waals surface area (Å²) in [5, 5.41) is 1.89. The summed E-state index contributed by atoms with van der Waals surface area (Å²) in [6, 6.07) is 3.73. The van der Waals surface area contributed by atoms with E-state index in [1.807, 2.05) is 10.3 Å². The average molecular weight is 396 g/mol. The summed E-state index contributed by atoms with van der Waals surface area (Å²) in [4.78, 5) is 24.8. The Morgan fingerprint density at radius 1 is 1.30 bits per heavy atom. The fraction of sp³-hybridized carbons (Fsp3) is 0.167. The first-order chi connectivity index (χ1) is 10.7. The Balaban J connectivity index is 2.05. The lowest BCUT2D eigenvalue weighted by atomic mass is 10.4. The predicted molar refractivity (Wildman–Crippen MR) is 88.2 cm³/mol. The van der Waals surface area contributed by atoms with Crippen LogP contribution in [0, 0.1) is 6.92 Å². The second kappa shape index (κ2) is 7.02. The fourth-order valence-corrected chi connectivity index (χ4v) is 3.59. The Morgan fingerprint density at radius 3 is 2.57 bits per heavy atom. The third-order valence-electron chi connectivity index (χ3n) is 2.80. The van der Waals surface area contributed by atoms with Crippen LogP contribution in [-0.2, 0) is 21.4 Å².